The van der Waals surface area contributed by atoms with Crippen LogP contribution in [0.2, 0.25) is 0 Å². The van der Waals surface area contributed by atoms with E-state index in [2.05, 4.69) is 4.99 Å². The van der Waals surface area contributed by atoms with Crippen molar-refractivity contribution in [1.82, 2.24) is 0 Å². The summed E-state index contributed by atoms with van der Waals surface area (Å²) in [4.78, 5) is 17.3. The fourth-order valence-electron chi connectivity index (χ4n) is 3.48. The van der Waals surface area contributed by atoms with E-state index in [1.807, 2.05) is 54.6 Å². The first-order valence-electron chi connectivity index (χ1n) is 10.1. The van der Waals surface area contributed by atoms with E-state index in [0.717, 1.165) is 10.5 Å². The van der Waals surface area contributed by atoms with Crippen LogP contribution < -0.4 is 16.2 Å². The summed E-state index contributed by atoms with van der Waals surface area (Å²) < 4.78 is 24.6. The first-order chi connectivity index (χ1) is 14.8. The zero-order valence-corrected chi connectivity index (χ0v) is 19.2. The zero-order chi connectivity index (χ0) is 22.3. The van der Waals surface area contributed by atoms with Crippen molar-refractivity contribution in [3.8, 4) is 5.75 Å². The van der Waals surface area contributed by atoms with E-state index in [9.17, 15) is 9.36 Å². The third kappa shape index (κ3) is 5.70. The van der Waals surface area contributed by atoms with Crippen LogP contribution in [0.15, 0.2) is 64.5 Å². The number of hydrogen-bond donors (Lipinski definition) is 2. The van der Waals surface area contributed by atoms with Crippen molar-refractivity contribution in [3.05, 3.63) is 60.2 Å². The number of benzene rings is 2. The highest BCUT2D eigenvalue weighted by Gasteiger charge is 2.51. The minimum absolute atomic E-state index is 0.386. The molecule has 0 bridgehead atoms. The molecule has 31 heavy (non-hydrogen) atoms. The Morgan fingerprint density at radius 3 is 2.39 bits per heavy atom. The molecule has 1 fully saturated rings. The minimum Gasteiger partial charge on any atom is -0.492 e. The molecule has 0 aliphatic carbocycles. The molecule has 2 aromatic carbocycles. The fourth-order valence-corrected chi connectivity index (χ4v) is 8.62. The molecule has 0 aromatic heterocycles. The molecular formula is C22H28N3O4PS. The Bertz CT molecular complexity index is 960. The smallest absolute Gasteiger partial charge is 0.232 e. The van der Waals surface area contributed by atoms with Crippen LogP contribution in [0.1, 0.15) is 18.4 Å². The maximum atomic E-state index is 13.5. The molecular weight excluding hydrogens is 433 g/mol. The molecule has 0 saturated carbocycles. The number of primary amides is 1. The van der Waals surface area contributed by atoms with Gasteiger partial charge in [-0.05, 0) is 43.8 Å². The molecule has 1 aliphatic heterocycles. The van der Waals surface area contributed by atoms with Crippen LogP contribution >= 0.6 is 17.7 Å². The van der Waals surface area contributed by atoms with Crippen LogP contribution in [-0.4, -0.2) is 49.9 Å². The number of amidine groups is 1. The van der Waals surface area contributed by atoms with Crippen LogP contribution in [0.5, 0.6) is 5.75 Å². The number of nitrogens with zero attached hydrogens (tertiary/aromatic N) is 1. The lowest BCUT2D eigenvalue weighted by Gasteiger charge is -2.38. The lowest BCUT2D eigenvalue weighted by molar-refractivity contribution is -0.122. The maximum absolute atomic E-state index is 13.5. The number of nitrogens with two attached hydrogens (primary N) is 2. The van der Waals surface area contributed by atoms with Crippen molar-refractivity contribution in [3.63, 3.8) is 0 Å². The van der Waals surface area contributed by atoms with E-state index in [1.165, 1.54) is 11.4 Å². The van der Waals surface area contributed by atoms with Gasteiger partial charge in [-0.1, -0.05) is 41.7 Å². The average molecular weight is 462 g/mol. The molecule has 1 unspecified atom stereocenters. The number of carbonyl (C=O) groups is 1. The quantitative estimate of drug-likeness (QED) is 0.255. The summed E-state index contributed by atoms with van der Waals surface area (Å²) in [6, 6.07) is 16.9. The predicted octanol–water partition coefficient (Wildman–Crippen LogP) is 3.51. The number of carbonyl (C=O) groups excluding carboxylic acids is 1. The van der Waals surface area contributed by atoms with Crippen LogP contribution in [0.4, 0.5) is 0 Å². The summed E-state index contributed by atoms with van der Waals surface area (Å²) in [7, 11) is 0. The molecule has 1 heterocycles. The van der Waals surface area contributed by atoms with Gasteiger partial charge in [-0.3, -0.25) is 9.79 Å². The van der Waals surface area contributed by atoms with E-state index < -0.39 is 17.4 Å². The molecule has 0 spiro atoms. The maximum Gasteiger partial charge on any atom is 0.232 e. The van der Waals surface area contributed by atoms with Crippen molar-refractivity contribution < 1.29 is 18.8 Å². The Kier molecular flexibility index (Phi) is 7.81. The van der Waals surface area contributed by atoms with Crippen LogP contribution in [0.3, 0.4) is 0 Å². The summed E-state index contributed by atoms with van der Waals surface area (Å²) in [5, 5.41) is -1.03. The van der Waals surface area contributed by atoms with Gasteiger partial charge in [0.15, 0.2) is 6.34 Å². The molecule has 1 aliphatic rings. The van der Waals surface area contributed by atoms with Crippen molar-refractivity contribution in [2.24, 2.45) is 16.5 Å². The molecule has 1 saturated heterocycles. The van der Waals surface area contributed by atoms with Gasteiger partial charge in [0, 0.05) is 23.7 Å². The standard InChI is InChI=1S/C22H28N3O4PS/c1-30(27,22(21(24)26)11-14-28-15-12-22)31-19-9-7-18(8-10-19)29-16-13-25-20(23)17-5-3-2-4-6-17/h2-10H,11-16H2,1H3,(H2,23,25)(H2,24,26). The Morgan fingerprint density at radius 2 is 1.77 bits per heavy atom. The molecule has 1 amide bonds. The molecule has 2 aromatic rings. The third-order valence-corrected chi connectivity index (χ3v) is 11.2. The zero-order valence-electron chi connectivity index (χ0n) is 17.5. The number of hydrogen-bond acceptors (Lipinski definition) is 6. The fraction of sp³-hybridized carbons (Fsp3) is 0.364. The van der Waals surface area contributed by atoms with E-state index >= 15 is 0 Å². The van der Waals surface area contributed by atoms with Gasteiger partial charge in [0.05, 0.1) is 6.54 Å². The first-order valence-corrected chi connectivity index (χ1v) is 13.6. The van der Waals surface area contributed by atoms with Gasteiger partial charge < -0.3 is 25.5 Å². The monoisotopic (exact) mass is 461 g/mol. The molecule has 3 rings (SSSR count). The Hall–Kier alpha value is -2.28. The van der Waals surface area contributed by atoms with Gasteiger partial charge in [0.1, 0.15) is 23.3 Å². The van der Waals surface area contributed by atoms with Gasteiger partial charge in [-0.2, -0.15) is 0 Å². The highest BCUT2D eigenvalue weighted by molar-refractivity contribution is 8.58. The number of aliphatic imine (C=N–C) groups is 1. The summed E-state index contributed by atoms with van der Waals surface area (Å²) in [5.74, 6) is 0.648. The lowest BCUT2D eigenvalue weighted by Crippen LogP contribution is -2.47. The van der Waals surface area contributed by atoms with E-state index in [-0.39, 0.29) is 0 Å². The largest absolute Gasteiger partial charge is 0.492 e. The Morgan fingerprint density at radius 1 is 1.13 bits per heavy atom. The highest BCUT2D eigenvalue weighted by Crippen LogP contribution is 2.70. The highest BCUT2D eigenvalue weighted by atomic mass is 32.7. The summed E-state index contributed by atoms with van der Waals surface area (Å²) >= 11 is 1.22. The van der Waals surface area contributed by atoms with Gasteiger partial charge >= 0.3 is 0 Å². The minimum atomic E-state index is -2.97. The van der Waals surface area contributed by atoms with Gasteiger partial charge in [-0.15, -0.1) is 0 Å². The third-order valence-electron chi connectivity index (χ3n) is 5.37. The van der Waals surface area contributed by atoms with Gasteiger partial charge in [0.25, 0.3) is 0 Å². The summed E-state index contributed by atoms with van der Waals surface area (Å²) in [6.07, 6.45) is -2.20. The first kappa shape index (κ1) is 23.4. The van der Waals surface area contributed by atoms with E-state index in [1.54, 1.807) is 6.66 Å². The van der Waals surface area contributed by atoms with Crippen molar-refractivity contribution in [2.75, 3.05) is 33.0 Å². The summed E-state index contributed by atoms with van der Waals surface area (Å²) in [5.41, 5.74) is 12.5. The van der Waals surface area contributed by atoms with E-state index in [4.69, 9.17) is 20.9 Å². The number of ether oxygens (including phenoxy) is 2. The van der Waals surface area contributed by atoms with Crippen LogP contribution in [-0.2, 0) is 14.1 Å². The lowest BCUT2D eigenvalue weighted by atomic mass is 9.98. The van der Waals surface area contributed by atoms with Crippen LogP contribution in [0, 0.1) is 0 Å². The van der Waals surface area contributed by atoms with Crippen LogP contribution in [0.25, 0.3) is 0 Å². The molecule has 166 valence electrons. The predicted molar refractivity (Wildman–Crippen MR) is 125 cm³/mol. The number of rotatable bonds is 9. The SMILES string of the molecule is CP(=O)(Sc1ccc(OCCN=C(N)c2ccccc2)cc1)C1(C(N)=O)CCOCC1. The summed E-state index contributed by atoms with van der Waals surface area (Å²) in [6.45, 7) is 3.26. The number of amides is 1. The average Bonchev–Trinajstić information content (AvgIpc) is 2.78. The second kappa shape index (κ2) is 10.4. The topological polar surface area (TPSA) is 117 Å². The molecule has 9 heteroatoms. The molecule has 7 nitrogen and oxygen atoms in total. The Balaban J connectivity index is 1.56. The molecule has 0 radical (unpaired) electrons. The van der Waals surface area contributed by atoms with E-state index in [0.29, 0.717) is 50.8 Å². The molecule has 1 atom stereocenters. The second-order valence-electron chi connectivity index (χ2n) is 7.40. The van der Waals surface area contributed by atoms with Gasteiger partial charge in [0.2, 0.25) is 5.91 Å². The Labute approximate surface area is 186 Å². The normalized spacial score (nSPS) is 18.2. The van der Waals surface area contributed by atoms with Gasteiger partial charge in [-0.25, -0.2) is 0 Å². The molecule has 4 N–H and O–H groups in total. The van der Waals surface area contributed by atoms with Crippen molar-refractivity contribution in [1.29, 1.82) is 0 Å². The van der Waals surface area contributed by atoms with Crippen molar-refractivity contribution >= 4 is 29.5 Å². The second-order valence-corrected chi connectivity index (χ2v) is 13.2. The van der Waals surface area contributed by atoms with Crippen molar-refractivity contribution in [2.45, 2.75) is 22.9 Å².